The molecular weight excluding hydrogens is 370 g/mol. The number of piperazine rings is 1. The molecule has 29 heavy (non-hydrogen) atoms. The molecule has 1 aliphatic heterocycles. The Labute approximate surface area is 168 Å². The van der Waals surface area contributed by atoms with Crippen LogP contribution >= 0.6 is 0 Å². The number of carbonyl (C=O) groups excluding carboxylic acids is 1. The van der Waals surface area contributed by atoms with Crippen LogP contribution in [0.2, 0.25) is 0 Å². The second-order valence-corrected chi connectivity index (χ2v) is 6.47. The van der Waals surface area contributed by atoms with Crippen LogP contribution in [0.4, 0.5) is 17.5 Å². The van der Waals surface area contributed by atoms with Gasteiger partial charge < -0.3 is 19.9 Å². The van der Waals surface area contributed by atoms with Gasteiger partial charge in [0.25, 0.3) is 5.91 Å². The number of carbonyl (C=O) groups is 1. The average Bonchev–Trinajstić information content (AvgIpc) is 2.79. The van der Waals surface area contributed by atoms with E-state index in [4.69, 9.17) is 4.74 Å². The maximum Gasteiger partial charge on any atom is 0.254 e. The Bertz CT molecular complexity index is 975. The van der Waals surface area contributed by atoms with Crippen molar-refractivity contribution in [3.8, 4) is 5.88 Å². The Hall–Kier alpha value is -3.75. The fraction of sp³-hybridized carbons (Fsp3) is 0.250. The van der Waals surface area contributed by atoms with E-state index in [1.165, 1.54) is 13.4 Å². The molecule has 0 aliphatic carbocycles. The number of ether oxygens (including phenoxy) is 1. The molecule has 4 rings (SSSR count). The Morgan fingerprint density at radius 1 is 0.966 bits per heavy atom. The van der Waals surface area contributed by atoms with Crippen molar-refractivity contribution in [1.29, 1.82) is 0 Å². The van der Waals surface area contributed by atoms with Gasteiger partial charge in [0.1, 0.15) is 23.8 Å². The topological polar surface area (TPSA) is 96.4 Å². The number of aromatic nitrogens is 4. The van der Waals surface area contributed by atoms with Crippen LogP contribution in [0.5, 0.6) is 5.88 Å². The highest BCUT2D eigenvalue weighted by molar-refractivity contribution is 5.94. The van der Waals surface area contributed by atoms with E-state index in [0.29, 0.717) is 43.4 Å². The van der Waals surface area contributed by atoms with Gasteiger partial charge in [0, 0.05) is 56.3 Å². The summed E-state index contributed by atoms with van der Waals surface area (Å²) in [5.41, 5.74) is 0.578. The molecule has 0 saturated carbocycles. The zero-order chi connectivity index (χ0) is 20.1. The van der Waals surface area contributed by atoms with E-state index in [1.54, 1.807) is 24.5 Å². The van der Waals surface area contributed by atoms with Crippen LogP contribution < -0.4 is 15.0 Å². The Morgan fingerprint density at radius 3 is 2.59 bits per heavy atom. The van der Waals surface area contributed by atoms with E-state index in [0.717, 1.165) is 11.6 Å². The maximum absolute atomic E-state index is 12.7. The summed E-state index contributed by atoms with van der Waals surface area (Å²) < 4.78 is 5.11. The van der Waals surface area contributed by atoms with Gasteiger partial charge in [0.05, 0.1) is 7.11 Å². The number of methoxy groups -OCH3 is 1. The van der Waals surface area contributed by atoms with Crippen LogP contribution in [0.3, 0.4) is 0 Å². The van der Waals surface area contributed by atoms with Crippen LogP contribution in [-0.2, 0) is 0 Å². The molecule has 0 unspecified atom stereocenters. The van der Waals surface area contributed by atoms with Gasteiger partial charge in [-0.3, -0.25) is 4.79 Å². The molecule has 0 atom stereocenters. The van der Waals surface area contributed by atoms with Crippen LogP contribution in [0, 0.1) is 0 Å². The predicted octanol–water partition coefficient (Wildman–Crippen LogP) is 1.98. The van der Waals surface area contributed by atoms with E-state index in [-0.39, 0.29) is 5.91 Å². The molecule has 1 aliphatic rings. The molecule has 148 valence electrons. The minimum Gasteiger partial charge on any atom is -0.481 e. The molecule has 3 aromatic heterocycles. The molecule has 0 bridgehead atoms. The highest BCUT2D eigenvalue weighted by Gasteiger charge is 2.23. The molecule has 0 radical (unpaired) electrons. The predicted molar refractivity (Wildman–Crippen MR) is 108 cm³/mol. The summed E-state index contributed by atoms with van der Waals surface area (Å²) in [5.74, 6) is 2.63. The summed E-state index contributed by atoms with van der Waals surface area (Å²) in [6.07, 6.45) is 4.83. The summed E-state index contributed by atoms with van der Waals surface area (Å²) in [5, 5.41) is 3.17. The van der Waals surface area contributed by atoms with Crippen molar-refractivity contribution in [3.63, 3.8) is 0 Å². The fourth-order valence-electron chi connectivity index (χ4n) is 3.13. The van der Waals surface area contributed by atoms with E-state index in [2.05, 4.69) is 30.2 Å². The van der Waals surface area contributed by atoms with Gasteiger partial charge in [-0.15, -0.1) is 0 Å². The SMILES string of the molecule is COc1cc(C(=O)N2CCN(c3cc(Nc4ccccn4)ncn3)CC2)ccn1. The summed E-state index contributed by atoms with van der Waals surface area (Å²) >= 11 is 0. The monoisotopic (exact) mass is 391 g/mol. The molecule has 4 heterocycles. The summed E-state index contributed by atoms with van der Waals surface area (Å²) in [6, 6.07) is 10.9. The van der Waals surface area contributed by atoms with E-state index >= 15 is 0 Å². The third-order valence-corrected chi connectivity index (χ3v) is 4.66. The highest BCUT2D eigenvalue weighted by Crippen LogP contribution is 2.19. The number of pyridine rings is 2. The zero-order valence-electron chi connectivity index (χ0n) is 16.0. The zero-order valence-corrected chi connectivity index (χ0v) is 16.0. The number of rotatable bonds is 5. The molecule has 1 fully saturated rings. The van der Waals surface area contributed by atoms with Gasteiger partial charge in [-0.05, 0) is 18.2 Å². The van der Waals surface area contributed by atoms with Crippen molar-refractivity contribution in [2.45, 2.75) is 0 Å². The fourth-order valence-corrected chi connectivity index (χ4v) is 3.13. The van der Waals surface area contributed by atoms with Crippen LogP contribution in [0.1, 0.15) is 10.4 Å². The molecule has 3 aromatic rings. The van der Waals surface area contributed by atoms with Gasteiger partial charge >= 0.3 is 0 Å². The number of anilines is 3. The first-order valence-corrected chi connectivity index (χ1v) is 9.27. The summed E-state index contributed by atoms with van der Waals surface area (Å²) in [7, 11) is 1.54. The first kappa shape index (κ1) is 18.6. The van der Waals surface area contributed by atoms with Gasteiger partial charge in [-0.1, -0.05) is 6.07 Å². The van der Waals surface area contributed by atoms with Gasteiger partial charge in [0.15, 0.2) is 0 Å². The number of hydrogen-bond acceptors (Lipinski definition) is 8. The highest BCUT2D eigenvalue weighted by atomic mass is 16.5. The second kappa shape index (κ2) is 8.51. The standard InChI is InChI=1S/C20H21N7O2/c1-29-19-12-15(5-7-22-19)20(28)27-10-8-26(9-11-27)18-13-17(23-14-24-18)25-16-4-2-3-6-21-16/h2-7,12-14H,8-11H2,1H3,(H,21,23,24,25). The first-order chi connectivity index (χ1) is 14.2. The summed E-state index contributed by atoms with van der Waals surface area (Å²) in [6.45, 7) is 2.59. The van der Waals surface area contributed by atoms with Crippen molar-refractivity contribution in [3.05, 3.63) is 60.7 Å². The number of nitrogens with one attached hydrogen (secondary N) is 1. The van der Waals surface area contributed by atoms with Crippen molar-refractivity contribution in [1.82, 2.24) is 24.8 Å². The smallest absolute Gasteiger partial charge is 0.254 e. The Morgan fingerprint density at radius 2 is 1.83 bits per heavy atom. The Balaban J connectivity index is 1.39. The van der Waals surface area contributed by atoms with Crippen molar-refractivity contribution in [2.75, 3.05) is 43.5 Å². The lowest BCUT2D eigenvalue weighted by Crippen LogP contribution is -2.49. The lowest BCUT2D eigenvalue weighted by Gasteiger charge is -2.35. The molecule has 9 nitrogen and oxygen atoms in total. The van der Waals surface area contributed by atoms with E-state index in [9.17, 15) is 4.79 Å². The average molecular weight is 391 g/mol. The van der Waals surface area contributed by atoms with Crippen LogP contribution in [0.25, 0.3) is 0 Å². The minimum atomic E-state index is -0.0226. The molecule has 9 heteroatoms. The Kier molecular flexibility index (Phi) is 5.46. The molecule has 1 amide bonds. The molecule has 1 saturated heterocycles. The minimum absolute atomic E-state index is 0.0226. The first-order valence-electron chi connectivity index (χ1n) is 9.27. The normalized spacial score (nSPS) is 13.8. The number of hydrogen-bond donors (Lipinski definition) is 1. The molecule has 0 spiro atoms. The third kappa shape index (κ3) is 4.40. The van der Waals surface area contributed by atoms with Crippen molar-refractivity contribution < 1.29 is 9.53 Å². The quantitative estimate of drug-likeness (QED) is 0.705. The summed E-state index contributed by atoms with van der Waals surface area (Å²) in [4.78, 5) is 33.7. The number of nitrogens with zero attached hydrogens (tertiary/aromatic N) is 6. The van der Waals surface area contributed by atoms with Crippen LogP contribution in [-0.4, -0.2) is 64.0 Å². The largest absolute Gasteiger partial charge is 0.481 e. The molecular formula is C20H21N7O2. The van der Waals surface area contributed by atoms with Crippen molar-refractivity contribution >= 4 is 23.4 Å². The lowest BCUT2D eigenvalue weighted by molar-refractivity contribution is 0.0746. The van der Waals surface area contributed by atoms with Crippen molar-refractivity contribution in [2.24, 2.45) is 0 Å². The molecule has 0 aromatic carbocycles. The second-order valence-electron chi connectivity index (χ2n) is 6.47. The van der Waals surface area contributed by atoms with Gasteiger partial charge in [0.2, 0.25) is 5.88 Å². The van der Waals surface area contributed by atoms with Gasteiger partial charge in [-0.25, -0.2) is 19.9 Å². The lowest BCUT2D eigenvalue weighted by atomic mass is 10.2. The van der Waals surface area contributed by atoms with Crippen LogP contribution in [0.15, 0.2) is 55.1 Å². The van der Waals surface area contributed by atoms with Gasteiger partial charge in [-0.2, -0.15) is 0 Å². The number of amides is 1. The van der Waals surface area contributed by atoms with E-state index in [1.807, 2.05) is 29.2 Å². The van der Waals surface area contributed by atoms with E-state index < -0.39 is 0 Å². The maximum atomic E-state index is 12.7. The molecule has 1 N–H and O–H groups in total. The third-order valence-electron chi connectivity index (χ3n) is 4.66.